The van der Waals surface area contributed by atoms with Crippen LogP contribution in [0.15, 0.2) is 47.1 Å². The van der Waals surface area contributed by atoms with Crippen molar-refractivity contribution >= 4 is 15.9 Å². The van der Waals surface area contributed by atoms with Gasteiger partial charge in [0.25, 0.3) is 0 Å². The molecule has 12 heavy (non-hydrogen) atoms. The molecule has 66 valence electrons. The second-order valence-electron chi connectivity index (χ2n) is 2.39. The van der Waals surface area contributed by atoms with Crippen LogP contribution in [0, 0.1) is 0 Å². The number of hydrogen-bond acceptors (Lipinski definition) is 1. The van der Waals surface area contributed by atoms with E-state index in [9.17, 15) is 0 Å². The third-order valence-corrected chi connectivity index (χ3v) is 2.33. The van der Waals surface area contributed by atoms with Gasteiger partial charge in [-0.1, -0.05) is 34.7 Å². The maximum Gasteiger partial charge on any atom is 0.0221 e. The van der Waals surface area contributed by atoms with Crippen molar-refractivity contribution in [2.45, 2.75) is 13.3 Å². The summed E-state index contributed by atoms with van der Waals surface area (Å²) in [5, 5.41) is 0. The summed E-state index contributed by atoms with van der Waals surface area (Å²) in [7, 11) is 0. The number of rotatable bonds is 4. The number of halogens is 1. The summed E-state index contributed by atoms with van der Waals surface area (Å²) in [6.07, 6.45) is 6.08. The normalized spacial score (nSPS) is 13.7. The van der Waals surface area contributed by atoms with Gasteiger partial charge in [0.1, 0.15) is 0 Å². The zero-order valence-electron chi connectivity index (χ0n) is 7.31. The van der Waals surface area contributed by atoms with Crippen LogP contribution in [-0.4, -0.2) is 0 Å². The fraction of sp³-hybridized carbons (Fsp3) is 0.200. The topological polar surface area (TPSA) is 26.0 Å². The van der Waals surface area contributed by atoms with Crippen LogP contribution in [-0.2, 0) is 0 Å². The Morgan fingerprint density at radius 2 is 2.08 bits per heavy atom. The lowest BCUT2D eigenvalue weighted by atomic mass is 10.2. The van der Waals surface area contributed by atoms with Crippen LogP contribution in [0.5, 0.6) is 0 Å². The molecule has 0 aliphatic heterocycles. The highest BCUT2D eigenvalue weighted by Crippen LogP contribution is 2.19. The lowest BCUT2D eigenvalue weighted by molar-refractivity contribution is 1.12. The van der Waals surface area contributed by atoms with Crippen LogP contribution in [0.25, 0.3) is 0 Å². The van der Waals surface area contributed by atoms with Gasteiger partial charge in [0, 0.05) is 16.6 Å². The summed E-state index contributed by atoms with van der Waals surface area (Å²) in [4.78, 5) is 0. The van der Waals surface area contributed by atoms with E-state index in [0.717, 1.165) is 15.8 Å². The second kappa shape index (κ2) is 5.84. The van der Waals surface area contributed by atoms with Gasteiger partial charge in [-0.2, -0.15) is 0 Å². The van der Waals surface area contributed by atoms with E-state index in [-0.39, 0.29) is 0 Å². The SMILES string of the molecule is C=C/C=C(Br)\C(C)=C(\N)CC=C. The predicted molar refractivity (Wildman–Crippen MR) is 58.9 cm³/mol. The van der Waals surface area contributed by atoms with Crippen LogP contribution in [0.2, 0.25) is 0 Å². The molecule has 0 spiro atoms. The van der Waals surface area contributed by atoms with Crippen molar-refractivity contribution in [3.63, 3.8) is 0 Å². The number of nitrogens with two attached hydrogens (primary N) is 1. The first-order valence-electron chi connectivity index (χ1n) is 3.68. The van der Waals surface area contributed by atoms with Gasteiger partial charge in [-0.25, -0.2) is 0 Å². The van der Waals surface area contributed by atoms with Crippen LogP contribution in [0.3, 0.4) is 0 Å². The quantitative estimate of drug-likeness (QED) is 0.580. The molecule has 0 aromatic carbocycles. The molecule has 0 amide bonds. The Morgan fingerprint density at radius 3 is 2.50 bits per heavy atom. The first-order chi connectivity index (χ1) is 5.63. The minimum Gasteiger partial charge on any atom is -0.402 e. The van der Waals surface area contributed by atoms with Gasteiger partial charge in [0.05, 0.1) is 0 Å². The standard InChI is InChI=1S/C10H14BrN/c1-4-6-9(11)8(3)10(12)7-5-2/h4-6H,1-2,7,12H2,3H3/b9-6+,10-8+. The van der Waals surface area contributed by atoms with Crippen molar-refractivity contribution in [2.24, 2.45) is 5.73 Å². The maximum absolute atomic E-state index is 5.76. The Kier molecular flexibility index (Phi) is 5.47. The van der Waals surface area contributed by atoms with Crippen LogP contribution < -0.4 is 5.73 Å². The molecule has 0 saturated heterocycles. The van der Waals surface area contributed by atoms with Gasteiger partial charge in [-0.05, 0) is 18.6 Å². The highest BCUT2D eigenvalue weighted by molar-refractivity contribution is 9.12. The number of hydrogen-bond donors (Lipinski definition) is 1. The molecule has 0 atom stereocenters. The fourth-order valence-electron chi connectivity index (χ4n) is 0.690. The molecule has 0 aromatic rings. The van der Waals surface area contributed by atoms with Gasteiger partial charge >= 0.3 is 0 Å². The first kappa shape index (κ1) is 11.2. The molecule has 1 nitrogen and oxygen atoms in total. The second-order valence-corrected chi connectivity index (χ2v) is 3.25. The Balaban J connectivity index is 4.63. The lowest BCUT2D eigenvalue weighted by Crippen LogP contribution is -1.99. The van der Waals surface area contributed by atoms with E-state index in [1.54, 1.807) is 12.2 Å². The average molecular weight is 228 g/mol. The third kappa shape index (κ3) is 3.58. The van der Waals surface area contributed by atoms with Crippen LogP contribution >= 0.6 is 15.9 Å². The van der Waals surface area contributed by atoms with Crippen molar-refractivity contribution in [1.82, 2.24) is 0 Å². The molecule has 2 heteroatoms. The van der Waals surface area contributed by atoms with E-state index in [1.807, 2.05) is 13.0 Å². The van der Waals surface area contributed by atoms with Crippen LogP contribution in [0.1, 0.15) is 13.3 Å². The van der Waals surface area contributed by atoms with Crippen molar-refractivity contribution in [3.05, 3.63) is 47.1 Å². The molecule has 0 heterocycles. The molecule has 0 saturated carbocycles. The van der Waals surface area contributed by atoms with Crippen molar-refractivity contribution in [3.8, 4) is 0 Å². The minimum absolute atomic E-state index is 0.714. The molecule has 2 N–H and O–H groups in total. The lowest BCUT2D eigenvalue weighted by Gasteiger charge is -2.03. The molecule has 0 aromatic heterocycles. The number of allylic oxidation sites excluding steroid dienone is 5. The maximum atomic E-state index is 5.76. The summed E-state index contributed by atoms with van der Waals surface area (Å²) in [6, 6.07) is 0. The van der Waals surface area contributed by atoms with Gasteiger partial charge in [0.15, 0.2) is 0 Å². The molecule has 0 radical (unpaired) electrons. The van der Waals surface area contributed by atoms with Gasteiger partial charge < -0.3 is 5.73 Å². The Morgan fingerprint density at radius 1 is 1.50 bits per heavy atom. The van der Waals surface area contributed by atoms with E-state index in [0.29, 0.717) is 6.42 Å². The largest absolute Gasteiger partial charge is 0.402 e. The fourth-order valence-corrected chi connectivity index (χ4v) is 1.13. The monoisotopic (exact) mass is 227 g/mol. The molecule has 0 bridgehead atoms. The van der Waals surface area contributed by atoms with Crippen molar-refractivity contribution in [2.75, 3.05) is 0 Å². The zero-order chi connectivity index (χ0) is 9.56. The molecule has 0 aliphatic carbocycles. The highest BCUT2D eigenvalue weighted by atomic mass is 79.9. The third-order valence-electron chi connectivity index (χ3n) is 1.47. The van der Waals surface area contributed by atoms with Crippen LogP contribution in [0.4, 0.5) is 0 Å². The van der Waals surface area contributed by atoms with Gasteiger partial charge in [-0.3, -0.25) is 0 Å². The minimum atomic E-state index is 0.714. The Labute approximate surface area is 82.5 Å². The molecule has 0 rings (SSSR count). The molecular weight excluding hydrogens is 214 g/mol. The summed E-state index contributed by atoms with van der Waals surface area (Å²) < 4.78 is 0.969. The van der Waals surface area contributed by atoms with Crippen molar-refractivity contribution in [1.29, 1.82) is 0 Å². The molecule has 0 unspecified atom stereocenters. The Hall–Kier alpha value is -0.760. The molecule has 0 aliphatic rings. The zero-order valence-corrected chi connectivity index (χ0v) is 8.89. The smallest absolute Gasteiger partial charge is 0.0221 e. The van der Waals surface area contributed by atoms with E-state index in [2.05, 4.69) is 29.1 Å². The Bertz CT molecular complexity index is 236. The first-order valence-corrected chi connectivity index (χ1v) is 4.47. The van der Waals surface area contributed by atoms with Gasteiger partial charge in [-0.15, -0.1) is 6.58 Å². The van der Waals surface area contributed by atoms with E-state index in [1.165, 1.54) is 0 Å². The van der Waals surface area contributed by atoms with E-state index < -0.39 is 0 Å². The summed E-state index contributed by atoms with van der Waals surface area (Å²) >= 11 is 3.39. The highest BCUT2D eigenvalue weighted by Gasteiger charge is 1.98. The summed E-state index contributed by atoms with van der Waals surface area (Å²) in [5.41, 5.74) is 7.63. The average Bonchev–Trinajstić information content (AvgIpc) is 2.04. The summed E-state index contributed by atoms with van der Waals surface area (Å²) in [6.45, 7) is 9.18. The van der Waals surface area contributed by atoms with E-state index in [4.69, 9.17) is 5.73 Å². The summed E-state index contributed by atoms with van der Waals surface area (Å²) in [5.74, 6) is 0. The predicted octanol–water partition coefficient (Wildman–Crippen LogP) is 3.26. The van der Waals surface area contributed by atoms with Crippen molar-refractivity contribution < 1.29 is 0 Å². The molecule has 0 fully saturated rings. The van der Waals surface area contributed by atoms with Gasteiger partial charge in [0.2, 0.25) is 0 Å². The van der Waals surface area contributed by atoms with E-state index >= 15 is 0 Å². The molecular formula is C10H14BrN.